The molecule has 1 N–H and O–H groups in total. The molecule has 0 saturated carbocycles. The summed E-state index contributed by atoms with van der Waals surface area (Å²) in [4.78, 5) is 0. The van der Waals surface area contributed by atoms with E-state index in [-0.39, 0.29) is 7.43 Å². The van der Waals surface area contributed by atoms with Gasteiger partial charge in [-0.25, -0.2) is 0 Å². The summed E-state index contributed by atoms with van der Waals surface area (Å²) in [5.41, 5.74) is 0. The quantitative estimate of drug-likeness (QED) is 0.411. The highest BCUT2D eigenvalue weighted by Gasteiger charge is 2.20. The van der Waals surface area contributed by atoms with Crippen LogP contribution in [0.2, 0.25) is 0 Å². The van der Waals surface area contributed by atoms with E-state index in [0.717, 1.165) is 26.1 Å². The lowest BCUT2D eigenvalue weighted by atomic mass is 10.2. The minimum absolute atomic E-state index is 0. The van der Waals surface area contributed by atoms with Crippen molar-refractivity contribution in [1.29, 1.82) is 0 Å². The van der Waals surface area contributed by atoms with Gasteiger partial charge in [-0.1, -0.05) is 27.2 Å². The first kappa shape index (κ1) is 20.3. The summed E-state index contributed by atoms with van der Waals surface area (Å²) in [5.74, 6) is 0. The Morgan fingerprint density at radius 3 is 2.25 bits per heavy atom. The highest BCUT2D eigenvalue weighted by Crippen LogP contribution is 2.40. The number of hydrogen-bond donors (Lipinski definition) is 1. The Labute approximate surface area is 131 Å². The monoisotopic (exact) mass is 308 g/mol. The van der Waals surface area contributed by atoms with Gasteiger partial charge in [0, 0.05) is 13.5 Å². The predicted octanol–water partition coefficient (Wildman–Crippen LogP) is 4.87. The van der Waals surface area contributed by atoms with Gasteiger partial charge in [-0.2, -0.15) is 0 Å². The van der Waals surface area contributed by atoms with Crippen LogP contribution in [0.3, 0.4) is 0 Å². The molecule has 0 fully saturated rings. The van der Waals surface area contributed by atoms with Crippen LogP contribution in [0.5, 0.6) is 0 Å². The molecule has 0 radical (unpaired) electrons. The molecule has 3 nitrogen and oxygen atoms in total. The topological polar surface area (TPSA) is 24.5 Å². The first-order chi connectivity index (χ1) is 9.50. The molecule has 0 amide bonds. The largest absolute Gasteiger partial charge is 0.344 e. The second kappa shape index (κ2) is 14.3. The van der Waals surface area contributed by atoms with Crippen LogP contribution in [0.4, 0.5) is 0 Å². The number of hydrogen-bond acceptors (Lipinski definition) is 3. The summed E-state index contributed by atoms with van der Waals surface area (Å²) >= 11 is 0. The smallest absolute Gasteiger partial charge is 0.101 e. The Bertz CT molecular complexity index is 210. The van der Waals surface area contributed by atoms with Crippen molar-refractivity contribution in [1.82, 2.24) is 9.99 Å². The number of unbranched alkanes of at least 4 members (excludes halogenated alkanes) is 3. The second-order valence-corrected chi connectivity index (χ2v) is 7.18. The maximum Gasteiger partial charge on any atom is 0.101 e. The Kier molecular flexibility index (Phi) is 14.5. The van der Waals surface area contributed by atoms with Gasteiger partial charge in [-0.05, 0) is 60.3 Å². The maximum atomic E-state index is 7.03. The number of rotatable bonds is 12. The van der Waals surface area contributed by atoms with Gasteiger partial charge in [0.15, 0.2) is 0 Å². The Morgan fingerprint density at radius 1 is 1.10 bits per heavy atom. The SMILES string of the molecule is C.[3H]CCNCCCCCCOP(C)N(C(C)C)C(C)C. The van der Waals surface area contributed by atoms with Gasteiger partial charge in [-0.15, -0.1) is 0 Å². The normalized spacial score (nSPS) is 13.7. The summed E-state index contributed by atoms with van der Waals surface area (Å²) in [6.07, 6.45) is 4.88. The van der Waals surface area contributed by atoms with Crippen LogP contribution in [0.1, 0.15) is 69.1 Å². The van der Waals surface area contributed by atoms with Crippen LogP contribution in [0.15, 0.2) is 0 Å². The molecule has 0 aromatic rings. The summed E-state index contributed by atoms with van der Waals surface area (Å²) < 4.78 is 15.5. The lowest BCUT2D eigenvalue weighted by molar-refractivity contribution is 0.252. The first-order valence-corrected chi connectivity index (χ1v) is 9.31. The Morgan fingerprint density at radius 2 is 1.70 bits per heavy atom. The van der Waals surface area contributed by atoms with Gasteiger partial charge >= 0.3 is 0 Å². The standard InChI is InChI=1S/C15H35N2OP.CH4/c1-7-16-12-10-8-9-11-13-18-19(6)17(14(2)3)15(4)5;/h14-16H,7-13H2,1-6H3;1H4/i1T;. The van der Waals surface area contributed by atoms with Crippen molar-refractivity contribution in [3.05, 3.63) is 0 Å². The van der Waals surface area contributed by atoms with E-state index in [9.17, 15) is 0 Å². The second-order valence-electron chi connectivity index (χ2n) is 5.53. The fourth-order valence-electron chi connectivity index (χ4n) is 2.34. The van der Waals surface area contributed by atoms with Gasteiger partial charge in [0.25, 0.3) is 0 Å². The first-order valence-electron chi connectivity index (χ1n) is 8.36. The fourth-order valence-corrected chi connectivity index (χ4v) is 4.17. The van der Waals surface area contributed by atoms with Crippen molar-refractivity contribution in [2.75, 3.05) is 26.4 Å². The fraction of sp³-hybridized carbons (Fsp3) is 1.00. The van der Waals surface area contributed by atoms with E-state index in [1.54, 1.807) is 0 Å². The average molecular weight is 308 g/mol. The molecule has 0 aliphatic rings. The minimum atomic E-state index is -0.455. The zero-order valence-corrected chi connectivity index (χ0v) is 14.5. The zero-order valence-electron chi connectivity index (χ0n) is 14.6. The van der Waals surface area contributed by atoms with Crippen molar-refractivity contribution in [2.45, 2.75) is 79.8 Å². The highest BCUT2D eigenvalue weighted by molar-refractivity contribution is 7.49. The van der Waals surface area contributed by atoms with Crippen LogP contribution in [-0.4, -0.2) is 43.1 Å². The third-order valence-corrected chi connectivity index (χ3v) is 5.22. The van der Waals surface area contributed by atoms with E-state index in [4.69, 9.17) is 5.89 Å². The molecule has 0 heterocycles. The molecule has 0 aliphatic heterocycles. The van der Waals surface area contributed by atoms with Gasteiger partial charge in [-0.3, -0.25) is 4.67 Å². The molecular weight excluding hydrogens is 267 g/mol. The minimum Gasteiger partial charge on any atom is -0.344 e. The van der Waals surface area contributed by atoms with Crippen molar-refractivity contribution < 1.29 is 5.89 Å². The lowest BCUT2D eigenvalue weighted by Gasteiger charge is -2.35. The van der Waals surface area contributed by atoms with E-state index in [2.05, 4.69) is 44.3 Å². The van der Waals surface area contributed by atoms with Crippen LogP contribution in [0.25, 0.3) is 0 Å². The molecule has 1 atom stereocenters. The van der Waals surface area contributed by atoms with Gasteiger partial charge in [0.2, 0.25) is 0 Å². The van der Waals surface area contributed by atoms with Crippen LogP contribution >= 0.6 is 8.30 Å². The van der Waals surface area contributed by atoms with E-state index in [1.807, 2.05) is 0 Å². The van der Waals surface area contributed by atoms with Crippen molar-refractivity contribution in [3.8, 4) is 0 Å². The number of nitrogens with one attached hydrogen (secondary N) is 1. The highest BCUT2D eigenvalue weighted by atomic mass is 31.2. The molecule has 0 bridgehead atoms. The molecule has 0 aliphatic carbocycles. The van der Waals surface area contributed by atoms with Crippen molar-refractivity contribution >= 4 is 8.30 Å². The summed E-state index contributed by atoms with van der Waals surface area (Å²) in [6, 6.07) is 1.10. The maximum absolute atomic E-state index is 7.03. The molecular formula is C16H39N2OP. The van der Waals surface area contributed by atoms with Crippen molar-refractivity contribution in [3.63, 3.8) is 0 Å². The van der Waals surface area contributed by atoms with Crippen LogP contribution in [-0.2, 0) is 4.52 Å². The van der Waals surface area contributed by atoms with Crippen molar-refractivity contribution in [2.24, 2.45) is 0 Å². The zero-order chi connectivity index (χ0) is 15.4. The molecule has 0 spiro atoms. The molecule has 0 saturated heterocycles. The third kappa shape index (κ3) is 11.0. The molecule has 4 heteroatoms. The van der Waals surface area contributed by atoms with Crippen LogP contribution < -0.4 is 5.32 Å². The van der Waals surface area contributed by atoms with E-state index >= 15 is 0 Å². The van der Waals surface area contributed by atoms with E-state index in [1.165, 1.54) is 19.3 Å². The van der Waals surface area contributed by atoms with Gasteiger partial charge < -0.3 is 9.84 Å². The Hall–Kier alpha value is 0.310. The summed E-state index contributed by atoms with van der Waals surface area (Å²) in [7, 11) is -0.455. The summed E-state index contributed by atoms with van der Waals surface area (Å²) in [5, 5.41) is 3.26. The third-order valence-electron chi connectivity index (χ3n) is 3.09. The number of nitrogens with zero attached hydrogens (tertiary/aromatic N) is 1. The van der Waals surface area contributed by atoms with Gasteiger partial charge in [0.05, 0.1) is 6.61 Å². The lowest BCUT2D eigenvalue weighted by Crippen LogP contribution is -2.32. The summed E-state index contributed by atoms with van der Waals surface area (Å²) in [6.45, 7) is 14.4. The molecule has 124 valence electrons. The predicted molar refractivity (Wildman–Crippen MR) is 94.6 cm³/mol. The molecule has 0 rings (SSSR count). The average Bonchev–Trinajstić information content (AvgIpc) is 2.36. The molecule has 20 heavy (non-hydrogen) atoms. The molecule has 0 aromatic heterocycles. The molecule has 0 aromatic carbocycles. The van der Waals surface area contributed by atoms with Gasteiger partial charge in [0.1, 0.15) is 8.30 Å². The molecule has 1 unspecified atom stereocenters. The van der Waals surface area contributed by atoms with Crippen LogP contribution in [0, 0.1) is 0 Å². The Balaban J connectivity index is 0. The van der Waals surface area contributed by atoms with E-state index in [0.29, 0.717) is 19.0 Å². The van der Waals surface area contributed by atoms with E-state index < -0.39 is 8.30 Å².